The third-order valence-corrected chi connectivity index (χ3v) is 2.42. The number of anilines is 1. The average molecular weight is 234 g/mol. The lowest BCUT2D eigenvalue weighted by atomic mass is 10.5. The molecular weight excluding hydrogens is 224 g/mol. The van der Waals surface area contributed by atoms with Crippen molar-refractivity contribution in [1.82, 2.24) is 4.98 Å². The molecule has 0 amide bonds. The molecule has 1 heterocycles. The Morgan fingerprint density at radius 1 is 1.67 bits per heavy atom. The highest BCUT2D eigenvalue weighted by atomic mass is 32.2. The van der Waals surface area contributed by atoms with E-state index in [1.807, 2.05) is 0 Å². The lowest BCUT2D eigenvalue weighted by Gasteiger charge is -1.98. The number of aromatic carboxylic acids is 1. The highest BCUT2D eigenvalue weighted by Gasteiger charge is 2.10. The molecule has 84 valence electrons. The molecule has 1 aromatic rings. The molecule has 2 N–H and O–H groups in total. The van der Waals surface area contributed by atoms with Crippen molar-refractivity contribution in [3.63, 3.8) is 0 Å². The largest absolute Gasteiger partial charge is 0.476 e. The summed E-state index contributed by atoms with van der Waals surface area (Å²) in [6, 6.07) is -0.00366. The molecule has 0 unspecified atom stereocenters. The fourth-order valence-electron chi connectivity index (χ4n) is 0.797. The monoisotopic (exact) mass is 234 g/mol. The van der Waals surface area contributed by atoms with Gasteiger partial charge in [0.05, 0.1) is 5.75 Å². The van der Waals surface area contributed by atoms with E-state index < -0.39 is 15.8 Å². The van der Waals surface area contributed by atoms with Gasteiger partial charge in [0, 0.05) is 12.8 Å². The summed E-state index contributed by atoms with van der Waals surface area (Å²) in [6.07, 6.45) is 2.08. The van der Waals surface area contributed by atoms with Crippen molar-refractivity contribution in [1.29, 1.82) is 0 Å². The molecule has 0 aliphatic carbocycles. The number of hydrogen-bond donors (Lipinski definition) is 2. The summed E-state index contributed by atoms with van der Waals surface area (Å²) in [7, 11) is -3.05. The van der Waals surface area contributed by atoms with E-state index in [2.05, 4.69) is 10.3 Å². The Kier molecular flexibility index (Phi) is 3.30. The fraction of sp³-hybridized carbons (Fsp3) is 0.429. The minimum absolute atomic E-state index is 0.00366. The summed E-state index contributed by atoms with van der Waals surface area (Å²) in [6.45, 7) is 0.123. The van der Waals surface area contributed by atoms with Crippen LogP contribution in [0.25, 0.3) is 0 Å². The summed E-state index contributed by atoms with van der Waals surface area (Å²) in [5, 5.41) is 11.1. The van der Waals surface area contributed by atoms with Crippen LogP contribution in [-0.2, 0) is 9.84 Å². The Labute approximate surface area is 86.0 Å². The maximum atomic E-state index is 10.7. The van der Waals surface area contributed by atoms with Gasteiger partial charge in [-0.1, -0.05) is 0 Å². The Balaban J connectivity index is 2.48. The van der Waals surface area contributed by atoms with Gasteiger partial charge in [0.1, 0.15) is 16.1 Å². The molecule has 0 fully saturated rings. The van der Waals surface area contributed by atoms with Crippen LogP contribution in [-0.4, -0.2) is 43.0 Å². The van der Waals surface area contributed by atoms with Gasteiger partial charge in [0.15, 0.2) is 5.69 Å². The van der Waals surface area contributed by atoms with Gasteiger partial charge in [0.25, 0.3) is 6.01 Å². The molecule has 0 bridgehead atoms. The summed E-state index contributed by atoms with van der Waals surface area (Å²) in [4.78, 5) is 14.0. The number of carboxylic acids is 1. The Morgan fingerprint density at radius 3 is 2.80 bits per heavy atom. The van der Waals surface area contributed by atoms with Crippen molar-refractivity contribution >= 4 is 21.8 Å². The first-order valence-electron chi connectivity index (χ1n) is 3.99. The van der Waals surface area contributed by atoms with E-state index in [9.17, 15) is 13.2 Å². The minimum atomic E-state index is -3.05. The van der Waals surface area contributed by atoms with Crippen LogP contribution < -0.4 is 5.32 Å². The zero-order chi connectivity index (χ0) is 11.5. The maximum Gasteiger partial charge on any atom is 0.357 e. The topological polar surface area (TPSA) is 110 Å². The molecule has 0 atom stereocenters. The van der Waals surface area contributed by atoms with Crippen LogP contribution in [0, 0.1) is 0 Å². The number of oxazole rings is 1. The first kappa shape index (κ1) is 11.5. The second-order valence-corrected chi connectivity index (χ2v) is 5.16. The summed E-state index contributed by atoms with van der Waals surface area (Å²) >= 11 is 0. The van der Waals surface area contributed by atoms with Gasteiger partial charge >= 0.3 is 5.97 Å². The number of sulfone groups is 1. The standard InChI is InChI=1S/C7H10N2O5S/c1-15(12,13)3-2-8-7-9-5(4-14-7)6(10)11/h4H,2-3H2,1H3,(H,8,9)(H,10,11). The van der Waals surface area contributed by atoms with Crippen LogP contribution in [0.5, 0.6) is 0 Å². The van der Waals surface area contributed by atoms with Crippen molar-refractivity contribution in [2.24, 2.45) is 0 Å². The zero-order valence-corrected chi connectivity index (χ0v) is 8.74. The maximum absolute atomic E-state index is 10.7. The van der Waals surface area contributed by atoms with Gasteiger partial charge in [-0.3, -0.25) is 0 Å². The van der Waals surface area contributed by atoms with E-state index in [0.29, 0.717) is 0 Å². The van der Waals surface area contributed by atoms with Gasteiger partial charge in [-0.25, -0.2) is 13.2 Å². The van der Waals surface area contributed by atoms with Crippen LogP contribution in [0.15, 0.2) is 10.7 Å². The smallest absolute Gasteiger partial charge is 0.357 e. The predicted molar refractivity (Wildman–Crippen MR) is 51.7 cm³/mol. The molecule has 0 spiro atoms. The summed E-state index contributed by atoms with van der Waals surface area (Å²) < 4.78 is 26.2. The summed E-state index contributed by atoms with van der Waals surface area (Å²) in [5.74, 6) is -1.27. The van der Waals surface area contributed by atoms with E-state index in [-0.39, 0.29) is 24.0 Å². The average Bonchev–Trinajstić information content (AvgIpc) is 2.50. The molecule has 0 saturated heterocycles. The predicted octanol–water partition coefficient (Wildman–Crippen LogP) is -0.171. The normalized spacial score (nSPS) is 11.3. The van der Waals surface area contributed by atoms with Gasteiger partial charge in [-0.2, -0.15) is 4.98 Å². The molecule has 1 aromatic heterocycles. The number of rotatable bonds is 5. The lowest BCUT2D eigenvalue weighted by Crippen LogP contribution is -2.14. The summed E-state index contributed by atoms with van der Waals surface area (Å²) in [5.41, 5.74) is -0.225. The van der Waals surface area contributed by atoms with Crippen LogP contribution in [0.3, 0.4) is 0 Å². The van der Waals surface area contributed by atoms with Crippen LogP contribution in [0.2, 0.25) is 0 Å². The molecule has 0 aromatic carbocycles. The number of aromatic nitrogens is 1. The number of carbonyl (C=O) groups is 1. The molecule has 0 saturated carbocycles. The van der Waals surface area contributed by atoms with E-state index in [4.69, 9.17) is 9.52 Å². The molecule has 0 aliphatic heterocycles. The zero-order valence-electron chi connectivity index (χ0n) is 7.93. The highest BCUT2D eigenvalue weighted by molar-refractivity contribution is 7.90. The number of nitrogens with one attached hydrogen (secondary N) is 1. The molecule has 0 aliphatic rings. The first-order chi connectivity index (χ1) is 6.88. The van der Waals surface area contributed by atoms with Gasteiger partial charge in [-0.15, -0.1) is 0 Å². The highest BCUT2D eigenvalue weighted by Crippen LogP contribution is 2.06. The number of nitrogens with zero attached hydrogens (tertiary/aromatic N) is 1. The molecule has 0 radical (unpaired) electrons. The van der Waals surface area contributed by atoms with Crippen LogP contribution in [0.1, 0.15) is 10.5 Å². The van der Waals surface area contributed by atoms with Crippen LogP contribution >= 0.6 is 0 Å². The second kappa shape index (κ2) is 4.30. The second-order valence-electron chi connectivity index (χ2n) is 2.90. The van der Waals surface area contributed by atoms with E-state index >= 15 is 0 Å². The molecule has 7 nitrogen and oxygen atoms in total. The van der Waals surface area contributed by atoms with Crippen molar-refractivity contribution in [3.8, 4) is 0 Å². The molecular formula is C7H10N2O5S. The molecule has 1 rings (SSSR count). The van der Waals surface area contributed by atoms with Crippen molar-refractivity contribution < 1.29 is 22.7 Å². The fourth-order valence-corrected chi connectivity index (χ4v) is 1.27. The Morgan fingerprint density at radius 2 is 2.33 bits per heavy atom. The quantitative estimate of drug-likeness (QED) is 0.727. The lowest BCUT2D eigenvalue weighted by molar-refractivity contribution is 0.0690. The third kappa shape index (κ3) is 3.98. The minimum Gasteiger partial charge on any atom is -0.476 e. The van der Waals surface area contributed by atoms with Crippen molar-refractivity contribution in [3.05, 3.63) is 12.0 Å². The van der Waals surface area contributed by atoms with Crippen molar-refractivity contribution in [2.45, 2.75) is 0 Å². The van der Waals surface area contributed by atoms with Gasteiger partial charge in [0.2, 0.25) is 0 Å². The first-order valence-corrected chi connectivity index (χ1v) is 6.05. The molecule has 15 heavy (non-hydrogen) atoms. The number of hydrogen-bond acceptors (Lipinski definition) is 6. The Hall–Kier alpha value is -1.57. The number of carboxylic acid groups (broad SMARTS) is 1. The van der Waals surface area contributed by atoms with E-state index in [1.54, 1.807) is 0 Å². The van der Waals surface area contributed by atoms with Gasteiger partial charge in [-0.05, 0) is 0 Å². The van der Waals surface area contributed by atoms with Crippen LogP contribution in [0.4, 0.5) is 6.01 Å². The Bertz CT molecular complexity index is 450. The van der Waals surface area contributed by atoms with Crippen molar-refractivity contribution in [2.75, 3.05) is 23.9 Å². The van der Waals surface area contributed by atoms with Gasteiger partial charge < -0.3 is 14.8 Å². The molecule has 8 heteroatoms. The van der Waals surface area contributed by atoms with E-state index in [1.165, 1.54) is 0 Å². The van der Waals surface area contributed by atoms with E-state index in [0.717, 1.165) is 12.5 Å². The SMILES string of the molecule is CS(=O)(=O)CCNc1nc(C(=O)O)co1. The third-order valence-electron chi connectivity index (χ3n) is 1.47.